The van der Waals surface area contributed by atoms with E-state index in [0.717, 1.165) is 71.3 Å². The predicted molar refractivity (Wildman–Crippen MR) is 128 cm³/mol. The first-order chi connectivity index (χ1) is 14.8. The Morgan fingerprint density at radius 1 is 0.533 bits per heavy atom. The Hall–Kier alpha value is -1.32. The molecular formula is C21H33N3O3S3. The fraction of sp³-hybridized carbons (Fsp3) is 0.571. The van der Waals surface area contributed by atoms with Crippen LogP contribution < -0.4 is 0 Å². The Kier molecular flexibility index (Phi) is 17.5. The zero-order chi connectivity index (χ0) is 21.7. The third-order valence-corrected chi connectivity index (χ3v) is 6.39. The molecule has 0 aliphatic carbocycles. The summed E-state index contributed by atoms with van der Waals surface area (Å²) in [5, 5.41) is 2.39. The molecule has 0 aliphatic heterocycles. The van der Waals surface area contributed by atoms with Crippen molar-refractivity contribution in [3.8, 4) is 0 Å². The Bertz CT molecular complexity index is 513. The van der Waals surface area contributed by atoms with Gasteiger partial charge < -0.3 is 14.2 Å². The normalized spacial score (nSPS) is 10.4. The van der Waals surface area contributed by atoms with Crippen molar-refractivity contribution in [2.75, 3.05) is 37.1 Å². The molecule has 0 bridgehead atoms. The largest absolute Gasteiger partial charge is 0.502 e. The second kappa shape index (κ2) is 19.6. The second-order valence-corrected chi connectivity index (χ2v) is 9.15. The quantitative estimate of drug-likeness (QED) is 0.122. The van der Waals surface area contributed by atoms with Crippen LogP contribution >= 0.6 is 35.3 Å². The Labute approximate surface area is 193 Å². The summed E-state index contributed by atoms with van der Waals surface area (Å²) < 4.78 is 15.5. The molecule has 1 heterocycles. The molecule has 0 amide bonds. The van der Waals surface area contributed by atoms with Crippen LogP contribution in [0.5, 0.6) is 0 Å². The van der Waals surface area contributed by atoms with Gasteiger partial charge >= 0.3 is 0 Å². The van der Waals surface area contributed by atoms with Gasteiger partial charge in [-0.2, -0.15) is 15.0 Å². The lowest BCUT2D eigenvalue weighted by atomic mass is 10.4. The summed E-state index contributed by atoms with van der Waals surface area (Å²) >= 11 is 5.02. The van der Waals surface area contributed by atoms with E-state index in [0.29, 0.717) is 19.8 Å². The van der Waals surface area contributed by atoms with Crippen LogP contribution in [0.25, 0.3) is 0 Å². The zero-order valence-electron chi connectivity index (χ0n) is 17.6. The van der Waals surface area contributed by atoms with Gasteiger partial charge in [0.15, 0.2) is 15.5 Å². The second-order valence-electron chi connectivity index (χ2n) is 5.96. The molecule has 9 heteroatoms. The highest BCUT2D eigenvalue weighted by Crippen LogP contribution is 2.24. The minimum atomic E-state index is 0.703. The van der Waals surface area contributed by atoms with E-state index in [9.17, 15) is 0 Å². The van der Waals surface area contributed by atoms with Crippen LogP contribution in [0.1, 0.15) is 38.5 Å². The van der Waals surface area contributed by atoms with Gasteiger partial charge in [-0.1, -0.05) is 55.0 Å². The van der Waals surface area contributed by atoms with E-state index in [2.05, 4.69) is 34.7 Å². The van der Waals surface area contributed by atoms with Crippen LogP contribution in [0, 0.1) is 0 Å². The summed E-state index contributed by atoms with van der Waals surface area (Å²) in [6.07, 6.45) is 10.6. The van der Waals surface area contributed by atoms with E-state index in [1.807, 2.05) is 0 Å². The molecule has 0 radical (unpaired) electrons. The van der Waals surface area contributed by atoms with Crippen LogP contribution in [0.2, 0.25) is 0 Å². The highest BCUT2D eigenvalue weighted by molar-refractivity contribution is 8.00. The van der Waals surface area contributed by atoms with Crippen LogP contribution in [-0.4, -0.2) is 52.0 Å². The van der Waals surface area contributed by atoms with E-state index in [1.165, 1.54) is 18.8 Å². The first-order valence-electron chi connectivity index (χ1n) is 10.1. The molecule has 1 rings (SSSR count). The van der Waals surface area contributed by atoms with Gasteiger partial charge in [0.25, 0.3) is 0 Å². The van der Waals surface area contributed by atoms with Gasteiger partial charge in [-0.05, 0) is 38.5 Å². The third kappa shape index (κ3) is 14.6. The van der Waals surface area contributed by atoms with E-state index in [1.54, 1.807) is 35.3 Å². The van der Waals surface area contributed by atoms with Crippen molar-refractivity contribution in [1.82, 2.24) is 15.0 Å². The Morgan fingerprint density at radius 3 is 1.10 bits per heavy atom. The van der Waals surface area contributed by atoms with E-state index in [4.69, 9.17) is 14.2 Å². The van der Waals surface area contributed by atoms with Gasteiger partial charge in [-0.25, -0.2) is 0 Å². The van der Waals surface area contributed by atoms with Gasteiger partial charge in [0.1, 0.15) is 0 Å². The summed E-state index contributed by atoms with van der Waals surface area (Å²) in [5.74, 6) is 2.86. The maximum absolute atomic E-state index is 5.16. The molecule has 1 aromatic heterocycles. The lowest BCUT2D eigenvalue weighted by Crippen LogP contribution is -2.00. The minimum Gasteiger partial charge on any atom is -0.502 e. The lowest BCUT2D eigenvalue weighted by Gasteiger charge is -2.07. The molecule has 168 valence electrons. The van der Waals surface area contributed by atoms with Crippen molar-refractivity contribution in [3.05, 3.63) is 38.5 Å². The summed E-state index contributed by atoms with van der Waals surface area (Å²) in [7, 11) is 0. The molecule has 0 saturated carbocycles. The van der Waals surface area contributed by atoms with Crippen molar-refractivity contribution < 1.29 is 14.2 Å². The molecule has 0 aromatic carbocycles. The lowest BCUT2D eigenvalue weighted by molar-refractivity contribution is 0.245. The predicted octanol–water partition coefficient (Wildman–Crippen LogP) is 5.97. The summed E-state index contributed by atoms with van der Waals surface area (Å²) in [4.78, 5) is 13.9. The molecule has 0 N–H and O–H groups in total. The standard InChI is InChI=1S/C21H33N3O3S3/c1-4-25-13-7-10-16-28-19-22-20(29-17-11-8-14-26-5-2)24-21(23-19)30-18-12-9-15-27-6-3/h4-6H,1-3,7-18H2. The fourth-order valence-corrected chi connectivity index (χ4v) is 4.79. The number of unbranched alkanes of at least 4 members (excludes halogenated alkanes) is 3. The molecule has 0 aliphatic rings. The van der Waals surface area contributed by atoms with Gasteiger partial charge in [0, 0.05) is 17.3 Å². The van der Waals surface area contributed by atoms with Crippen LogP contribution in [0.15, 0.2) is 54.0 Å². The number of ether oxygens (including phenoxy) is 3. The van der Waals surface area contributed by atoms with Gasteiger partial charge in [-0.3, -0.25) is 0 Å². The van der Waals surface area contributed by atoms with Crippen LogP contribution in [-0.2, 0) is 14.2 Å². The minimum absolute atomic E-state index is 0.703. The number of aromatic nitrogens is 3. The molecule has 0 unspecified atom stereocenters. The first-order valence-corrected chi connectivity index (χ1v) is 13.1. The molecule has 0 spiro atoms. The number of rotatable bonds is 21. The van der Waals surface area contributed by atoms with Crippen LogP contribution in [0.3, 0.4) is 0 Å². The van der Waals surface area contributed by atoms with Crippen molar-refractivity contribution in [1.29, 1.82) is 0 Å². The molecular weight excluding hydrogens is 438 g/mol. The maximum Gasteiger partial charge on any atom is 0.192 e. The van der Waals surface area contributed by atoms with Gasteiger partial charge in [0.05, 0.1) is 38.6 Å². The number of thioether (sulfide) groups is 3. The topological polar surface area (TPSA) is 66.4 Å². The van der Waals surface area contributed by atoms with E-state index < -0.39 is 0 Å². The molecule has 0 saturated heterocycles. The Morgan fingerprint density at radius 2 is 0.833 bits per heavy atom. The molecule has 0 fully saturated rings. The van der Waals surface area contributed by atoms with Crippen LogP contribution in [0.4, 0.5) is 0 Å². The van der Waals surface area contributed by atoms with Gasteiger partial charge in [-0.15, -0.1) is 0 Å². The molecule has 30 heavy (non-hydrogen) atoms. The van der Waals surface area contributed by atoms with Crippen molar-refractivity contribution >= 4 is 35.3 Å². The van der Waals surface area contributed by atoms with Gasteiger partial charge in [0.2, 0.25) is 0 Å². The monoisotopic (exact) mass is 471 g/mol. The average molecular weight is 472 g/mol. The first kappa shape index (κ1) is 26.7. The molecule has 6 nitrogen and oxygen atoms in total. The summed E-state index contributed by atoms with van der Waals surface area (Å²) in [6, 6.07) is 0. The maximum atomic E-state index is 5.16. The SMILES string of the molecule is C=COCCCCSc1nc(SCCCCOC=C)nc(SCCCCOC=C)n1. The van der Waals surface area contributed by atoms with E-state index >= 15 is 0 Å². The van der Waals surface area contributed by atoms with E-state index in [-0.39, 0.29) is 0 Å². The molecule has 1 aromatic rings. The zero-order valence-corrected chi connectivity index (χ0v) is 20.1. The number of nitrogens with zero attached hydrogens (tertiary/aromatic N) is 3. The number of hydrogen-bond donors (Lipinski definition) is 0. The number of hydrogen-bond acceptors (Lipinski definition) is 9. The van der Waals surface area contributed by atoms with Crippen molar-refractivity contribution in [2.24, 2.45) is 0 Å². The highest BCUT2D eigenvalue weighted by Gasteiger charge is 2.09. The highest BCUT2D eigenvalue weighted by atomic mass is 32.2. The summed E-state index contributed by atoms with van der Waals surface area (Å²) in [5.41, 5.74) is 0. The summed E-state index contributed by atoms with van der Waals surface area (Å²) in [6.45, 7) is 12.8. The smallest absolute Gasteiger partial charge is 0.192 e. The fourth-order valence-electron chi connectivity index (χ4n) is 2.12. The Balaban J connectivity index is 2.50. The third-order valence-electron chi connectivity index (χ3n) is 3.59. The molecule has 0 atom stereocenters. The van der Waals surface area contributed by atoms with Crippen molar-refractivity contribution in [2.45, 2.75) is 54.0 Å². The van der Waals surface area contributed by atoms with Crippen molar-refractivity contribution in [3.63, 3.8) is 0 Å². The average Bonchev–Trinajstić information content (AvgIpc) is 2.75.